The Labute approximate surface area is 264 Å². The number of carbonyl (C=O) groups is 1. The molecule has 0 fully saturated rings. The second-order valence-corrected chi connectivity index (χ2v) is 11.5. The smallest absolute Gasteiger partial charge is 0.216 e. The van der Waals surface area contributed by atoms with Crippen molar-refractivity contribution in [2.24, 2.45) is 11.8 Å². The lowest BCUT2D eigenvalue weighted by atomic mass is 9.82. The number of unbranched alkanes of at least 4 members (excludes halogenated alkanes) is 1. The van der Waals surface area contributed by atoms with E-state index in [1.165, 1.54) is 38.3 Å². The highest BCUT2D eigenvalue weighted by molar-refractivity contribution is 6.30. The summed E-state index contributed by atoms with van der Waals surface area (Å²) in [6, 6.07) is 11.3. The van der Waals surface area contributed by atoms with Gasteiger partial charge in [0.15, 0.2) is 5.78 Å². The fourth-order valence-electron chi connectivity index (χ4n) is 5.45. The molecule has 4 rings (SSSR count). The van der Waals surface area contributed by atoms with Gasteiger partial charge in [0.05, 0.1) is 24.3 Å². The lowest BCUT2D eigenvalue weighted by Gasteiger charge is -2.26. The molecule has 2 heterocycles. The molecule has 0 saturated heterocycles. The zero-order chi connectivity index (χ0) is 31.9. The summed E-state index contributed by atoms with van der Waals surface area (Å²) >= 11 is 6.14. The largest absolute Gasteiger partial charge is 0.493 e. The Balaban J connectivity index is 0.000000505. The lowest BCUT2D eigenvalue weighted by Crippen LogP contribution is -2.29. The van der Waals surface area contributed by atoms with E-state index in [-0.39, 0.29) is 17.6 Å². The van der Waals surface area contributed by atoms with E-state index in [2.05, 4.69) is 44.8 Å². The molecule has 1 aromatic heterocycles. The van der Waals surface area contributed by atoms with Crippen LogP contribution in [0.1, 0.15) is 117 Å². The van der Waals surface area contributed by atoms with Gasteiger partial charge >= 0.3 is 0 Å². The minimum Gasteiger partial charge on any atom is -0.493 e. The first-order chi connectivity index (χ1) is 20.8. The number of hydrogen-bond acceptors (Lipinski definition) is 3. The van der Waals surface area contributed by atoms with E-state index < -0.39 is 5.95 Å². The molecule has 2 atom stereocenters. The molecule has 2 aromatic carbocycles. The summed E-state index contributed by atoms with van der Waals surface area (Å²) in [6.07, 6.45) is 11.8. The quantitative estimate of drug-likeness (QED) is 0.220. The van der Waals surface area contributed by atoms with Gasteiger partial charge < -0.3 is 4.74 Å². The van der Waals surface area contributed by atoms with E-state index in [0.717, 1.165) is 40.3 Å². The number of halogens is 2. The van der Waals surface area contributed by atoms with Gasteiger partial charge in [-0.25, -0.2) is 0 Å². The van der Waals surface area contributed by atoms with Crippen LogP contribution < -0.4 is 4.74 Å². The van der Waals surface area contributed by atoms with Crippen molar-refractivity contribution < 1.29 is 13.9 Å². The van der Waals surface area contributed by atoms with Crippen molar-refractivity contribution in [1.29, 1.82) is 0 Å². The molecule has 6 heteroatoms. The molecule has 0 saturated carbocycles. The van der Waals surface area contributed by atoms with E-state index in [9.17, 15) is 9.18 Å². The van der Waals surface area contributed by atoms with Crippen LogP contribution in [0, 0.1) is 17.8 Å². The number of carbonyl (C=O) groups excluding carboxylic acids is 1. The molecule has 236 valence electrons. The van der Waals surface area contributed by atoms with Crippen molar-refractivity contribution in [1.82, 2.24) is 10.2 Å². The predicted octanol–water partition coefficient (Wildman–Crippen LogP) is 11.2. The molecule has 2 unspecified atom stereocenters. The molecule has 0 bridgehead atoms. The van der Waals surface area contributed by atoms with Gasteiger partial charge in [0.25, 0.3) is 0 Å². The van der Waals surface area contributed by atoms with Crippen molar-refractivity contribution in [2.45, 2.75) is 106 Å². The first-order valence-corrected chi connectivity index (χ1v) is 16.6. The molecule has 0 spiro atoms. The number of aromatic nitrogens is 2. The highest BCUT2D eigenvalue weighted by Gasteiger charge is 2.30. The van der Waals surface area contributed by atoms with Crippen LogP contribution in [0.2, 0.25) is 5.02 Å². The third-order valence-corrected chi connectivity index (χ3v) is 8.60. The van der Waals surface area contributed by atoms with E-state index in [1.807, 2.05) is 57.2 Å². The minimum atomic E-state index is -0.466. The molecular weight excluding hydrogens is 559 g/mol. The Morgan fingerprint density at radius 3 is 2.42 bits per heavy atom. The van der Waals surface area contributed by atoms with E-state index in [0.29, 0.717) is 29.2 Å². The maximum absolute atomic E-state index is 14.1. The average molecular weight is 611 g/mol. The number of rotatable bonds is 11. The average Bonchev–Trinajstić information content (AvgIpc) is 3.48. The first-order valence-electron chi connectivity index (χ1n) is 16.2. The Morgan fingerprint density at radius 2 is 1.84 bits per heavy atom. The normalized spacial score (nSPS) is 15.0. The van der Waals surface area contributed by atoms with E-state index in [4.69, 9.17) is 16.3 Å². The third kappa shape index (κ3) is 9.79. The Bertz CT molecular complexity index is 1310. The molecule has 43 heavy (non-hydrogen) atoms. The summed E-state index contributed by atoms with van der Waals surface area (Å²) < 4.78 is 20.0. The summed E-state index contributed by atoms with van der Waals surface area (Å²) in [6.45, 7) is 17.3. The lowest BCUT2D eigenvalue weighted by molar-refractivity contribution is -0.118. The Hall–Kier alpha value is -2.92. The van der Waals surface area contributed by atoms with Crippen LogP contribution in [0.5, 0.6) is 5.75 Å². The predicted molar refractivity (Wildman–Crippen MR) is 180 cm³/mol. The molecule has 4 nitrogen and oxygen atoms in total. The van der Waals surface area contributed by atoms with E-state index in [1.54, 1.807) is 6.07 Å². The summed E-state index contributed by atoms with van der Waals surface area (Å²) in [5.74, 6) is 1.28. The maximum Gasteiger partial charge on any atom is 0.216 e. The second kappa shape index (κ2) is 18.7. The maximum atomic E-state index is 14.1. The minimum absolute atomic E-state index is 0.0462. The van der Waals surface area contributed by atoms with Crippen molar-refractivity contribution in [3.05, 3.63) is 76.3 Å². The summed E-state index contributed by atoms with van der Waals surface area (Å²) in [5, 5.41) is 6.77. The van der Waals surface area contributed by atoms with Crippen LogP contribution in [0.15, 0.2) is 48.7 Å². The zero-order valence-corrected chi connectivity index (χ0v) is 28.3. The van der Waals surface area contributed by atoms with Crippen LogP contribution in [0.3, 0.4) is 0 Å². The number of nitrogens with one attached hydrogen (secondary N) is 1. The van der Waals surface area contributed by atoms with Gasteiger partial charge in [0, 0.05) is 10.6 Å². The molecule has 3 aromatic rings. The van der Waals surface area contributed by atoms with E-state index >= 15 is 0 Å². The first kappa shape index (κ1) is 36.3. The van der Waals surface area contributed by atoms with Crippen LogP contribution >= 0.6 is 11.6 Å². The van der Waals surface area contributed by atoms with Gasteiger partial charge in [0.2, 0.25) is 5.95 Å². The van der Waals surface area contributed by atoms with Crippen LogP contribution in [0.25, 0.3) is 16.7 Å². The van der Waals surface area contributed by atoms with Crippen molar-refractivity contribution >= 4 is 23.0 Å². The molecular formula is C37H52ClFN2O2. The third-order valence-electron chi connectivity index (χ3n) is 8.36. The summed E-state index contributed by atoms with van der Waals surface area (Å²) in [7, 11) is 0. The fraction of sp³-hybridized carbons (Fsp3) is 0.514. The Kier molecular flexibility index (Phi) is 15.8. The molecule has 1 aliphatic rings. The molecule has 0 aliphatic carbocycles. The van der Waals surface area contributed by atoms with Crippen molar-refractivity contribution in [3.8, 4) is 16.9 Å². The number of allylic oxidation sites excluding steroid dienone is 2. The standard InChI is InChI=1S/C26H26ClFN2O2.C9H20.C2H6/c1-4-15(3)22-12-16(23-13-29-30-26(23)28)6-8-21(22)20(5-2)25(31)18-10-17-11-19(27)7-9-24(17)32-14-18;1-4-7-8-9(5-2)6-3;1-2/h5-9,11-13,15,18H,4,10,14H2,1-3H3,(H,29,30);9H,4-8H2,1-3H3;1-2H3/b20-5+;;. The van der Waals surface area contributed by atoms with Crippen molar-refractivity contribution in [3.63, 3.8) is 0 Å². The number of nitrogens with zero attached hydrogens (tertiary/aromatic N) is 1. The van der Waals surface area contributed by atoms with Crippen LogP contribution in [-0.2, 0) is 11.2 Å². The number of H-pyrrole nitrogens is 1. The number of fused-ring (bicyclic) bond motifs is 1. The zero-order valence-electron chi connectivity index (χ0n) is 27.5. The number of ether oxygens (including phenoxy) is 1. The van der Waals surface area contributed by atoms with Gasteiger partial charge in [-0.3, -0.25) is 9.89 Å². The molecule has 1 N–H and O–H groups in total. The molecule has 0 radical (unpaired) electrons. The van der Waals surface area contributed by atoms with Gasteiger partial charge in [0.1, 0.15) is 5.75 Å². The topological polar surface area (TPSA) is 55.0 Å². The Morgan fingerprint density at radius 1 is 1.12 bits per heavy atom. The monoisotopic (exact) mass is 610 g/mol. The highest BCUT2D eigenvalue weighted by atomic mass is 35.5. The second-order valence-electron chi connectivity index (χ2n) is 11.1. The number of benzene rings is 2. The number of Topliss-reactive ketones (excluding diaryl/α,β-unsaturated/α-hetero) is 1. The highest BCUT2D eigenvalue weighted by Crippen LogP contribution is 2.36. The van der Waals surface area contributed by atoms with Gasteiger partial charge in [-0.2, -0.15) is 9.49 Å². The number of hydrogen-bond donors (Lipinski definition) is 1. The summed E-state index contributed by atoms with van der Waals surface area (Å²) in [4.78, 5) is 13.6. The number of aromatic amines is 1. The van der Waals surface area contributed by atoms with Crippen LogP contribution in [-0.4, -0.2) is 22.6 Å². The SMILES string of the molecule is C/C=C(/C(=O)C1COc2ccc(Cl)cc2C1)c1ccc(-c2cn[nH]c2F)cc1C(C)CC.CC.CCCCC(CC)CC. The van der Waals surface area contributed by atoms with Gasteiger partial charge in [-0.1, -0.05) is 116 Å². The number of ketones is 1. The molecule has 1 aliphatic heterocycles. The fourth-order valence-corrected chi connectivity index (χ4v) is 5.64. The van der Waals surface area contributed by atoms with Gasteiger partial charge in [-0.15, -0.1) is 0 Å². The van der Waals surface area contributed by atoms with Crippen molar-refractivity contribution in [2.75, 3.05) is 6.61 Å². The van der Waals surface area contributed by atoms with Crippen LogP contribution in [0.4, 0.5) is 4.39 Å². The summed E-state index contributed by atoms with van der Waals surface area (Å²) in [5.41, 5.74) is 4.68. The van der Waals surface area contributed by atoms with Gasteiger partial charge in [-0.05, 0) is 72.1 Å². The molecule has 0 amide bonds.